The van der Waals surface area contributed by atoms with Gasteiger partial charge in [-0.3, -0.25) is 0 Å². The summed E-state index contributed by atoms with van der Waals surface area (Å²) in [6, 6.07) is 1.64. The quantitative estimate of drug-likeness (QED) is 0.719. The second kappa shape index (κ2) is 4.29. The van der Waals surface area contributed by atoms with E-state index in [-0.39, 0.29) is 12.0 Å². The summed E-state index contributed by atoms with van der Waals surface area (Å²) >= 11 is 5.40. The molecule has 1 aromatic rings. The fourth-order valence-electron chi connectivity index (χ4n) is 0.959. The molecule has 0 fully saturated rings. The van der Waals surface area contributed by atoms with Gasteiger partial charge in [0.1, 0.15) is 5.02 Å². The Hall–Kier alpha value is -1.28. The molecular formula is C8H4ClF3N2. The van der Waals surface area contributed by atoms with Gasteiger partial charge in [0.05, 0.1) is 12.5 Å². The number of hydrogen-bond donors (Lipinski definition) is 0. The first-order valence-corrected chi connectivity index (χ1v) is 3.93. The van der Waals surface area contributed by atoms with E-state index in [0.717, 1.165) is 0 Å². The summed E-state index contributed by atoms with van der Waals surface area (Å²) < 4.78 is 37.4. The Labute approximate surface area is 82.9 Å². The smallest absolute Gasteiger partial charge is 0.226 e. The number of hydrogen-bond acceptors (Lipinski definition) is 2. The lowest BCUT2D eigenvalue weighted by atomic mass is 10.1. The van der Waals surface area contributed by atoms with Crippen LogP contribution in [0.15, 0.2) is 6.20 Å². The fraction of sp³-hybridized carbons (Fsp3) is 0.250. The molecule has 0 aromatic carbocycles. The van der Waals surface area contributed by atoms with Gasteiger partial charge in [0, 0.05) is 11.8 Å². The van der Waals surface area contributed by atoms with E-state index in [1.807, 2.05) is 0 Å². The van der Waals surface area contributed by atoms with Gasteiger partial charge in [0.2, 0.25) is 5.95 Å². The summed E-state index contributed by atoms with van der Waals surface area (Å²) in [5.41, 5.74) is -0.699. The first kappa shape index (κ1) is 10.8. The number of nitriles is 1. The Kier molecular flexibility index (Phi) is 3.31. The lowest BCUT2D eigenvalue weighted by Crippen LogP contribution is -1.99. The maximum absolute atomic E-state index is 12.7. The highest BCUT2D eigenvalue weighted by atomic mass is 35.5. The minimum atomic E-state index is -2.82. The average Bonchev–Trinajstić information content (AvgIpc) is 2.13. The summed E-state index contributed by atoms with van der Waals surface area (Å²) in [6.45, 7) is 0. The molecule has 1 heterocycles. The van der Waals surface area contributed by atoms with Crippen LogP contribution in [-0.2, 0) is 6.42 Å². The fourth-order valence-corrected chi connectivity index (χ4v) is 1.18. The highest BCUT2D eigenvalue weighted by Crippen LogP contribution is 2.29. The van der Waals surface area contributed by atoms with Crippen molar-refractivity contribution in [2.24, 2.45) is 0 Å². The summed E-state index contributed by atoms with van der Waals surface area (Å²) in [4.78, 5) is 3.05. The van der Waals surface area contributed by atoms with E-state index >= 15 is 0 Å². The van der Waals surface area contributed by atoms with Gasteiger partial charge in [-0.15, -0.1) is 0 Å². The molecule has 2 nitrogen and oxygen atoms in total. The minimum absolute atomic E-state index is 0.198. The Morgan fingerprint density at radius 3 is 2.71 bits per heavy atom. The predicted octanol–water partition coefficient (Wildman–Crippen LogP) is 2.88. The zero-order valence-corrected chi connectivity index (χ0v) is 7.52. The minimum Gasteiger partial charge on any atom is -0.226 e. The highest BCUT2D eigenvalue weighted by molar-refractivity contribution is 6.31. The normalized spacial score (nSPS) is 10.3. The van der Waals surface area contributed by atoms with E-state index in [1.165, 1.54) is 0 Å². The van der Waals surface area contributed by atoms with Crippen molar-refractivity contribution in [3.63, 3.8) is 0 Å². The van der Waals surface area contributed by atoms with Gasteiger partial charge < -0.3 is 0 Å². The Balaban J connectivity index is 3.31. The molecule has 0 saturated heterocycles. The van der Waals surface area contributed by atoms with Crippen molar-refractivity contribution >= 4 is 11.6 Å². The second-order valence-corrected chi connectivity index (χ2v) is 2.81. The number of rotatable bonds is 2. The maximum atomic E-state index is 12.7. The number of aromatic nitrogens is 1. The molecule has 0 N–H and O–H groups in total. The lowest BCUT2D eigenvalue weighted by Gasteiger charge is -2.07. The second-order valence-electron chi connectivity index (χ2n) is 2.43. The van der Waals surface area contributed by atoms with Crippen LogP contribution in [0.2, 0.25) is 5.02 Å². The molecule has 0 aliphatic heterocycles. The van der Waals surface area contributed by atoms with Crippen molar-refractivity contribution < 1.29 is 13.2 Å². The van der Waals surface area contributed by atoms with E-state index in [2.05, 4.69) is 4.98 Å². The summed E-state index contributed by atoms with van der Waals surface area (Å²) in [5, 5.41) is 7.83. The monoisotopic (exact) mass is 220 g/mol. The predicted molar refractivity (Wildman–Crippen MR) is 43.5 cm³/mol. The molecular weight excluding hydrogens is 217 g/mol. The Morgan fingerprint density at radius 1 is 1.57 bits per heavy atom. The van der Waals surface area contributed by atoms with Gasteiger partial charge in [-0.2, -0.15) is 9.65 Å². The van der Waals surface area contributed by atoms with Gasteiger partial charge in [-0.25, -0.2) is 13.8 Å². The SMILES string of the molecule is N#CCc1c(C(F)F)cnc(F)c1Cl. The number of pyridine rings is 1. The number of alkyl halides is 2. The van der Waals surface area contributed by atoms with Crippen LogP contribution in [0.5, 0.6) is 0 Å². The van der Waals surface area contributed by atoms with Crippen LogP contribution in [0.3, 0.4) is 0 Å². The van der Waals surface area contributed by atoms with Crippen molar-refractivity contribution in [2.75, 3.05) is 0 Å². The first-order chi connectivity index (χ1) is 6.57. The molecule has 0 bridgehead atoms. The van der Waals surface area contributed by atoms with Crippen molar-refractivity contribution in [3.05, 3.63) is 28.3 Å². The third-order valence-electron chi connectivity index (χ3n) is 1.60. The van der Waals surface area contributed by atoms with Crippen LogP contribution in [0.25, 0.3) is 0 Å². The van der Waals surface area contributed by atoms with Crippen LogP contribution in [0.4, 0.5) is 13.2 Å². The van der Waals surface area contributed by atoms with Crippen LogP contribution in [0, 0.1) is 17.3 Å². The molecule has 74 valence electrons. The van der Waals surface area contributed by atoms with Crippen LogP contribution < -0.4 is 0 Å². The zero-order valence-electron chi connectivity index (χ0n) is 6.77. The van der Waals surface area contributed by atoms with Gasteiger partial charge in [-0.1, -0.05) is 11.6 Å². The molecule has 0 aliphatic carbocycles. The van der Waals surface area contributed by atoms with Crippen LogP contribution in [-0.4, -0.2) is 4.98 Å². The standard InChI is InChI=1S/C8H4ClF3N2/c9-6-4(1-2-13)5(7(10)11)3-14-8(6)12/h3,7H,1H2. The molecule has 0 amide bonds. The van der Waals surface area contributed by atoms with Gasteiger partial charge in [0.15, 0.2) is 0 Å². The molecule has 6 heteroatoms. The lowest BCUT2D eigenvalue weighted by molar-refractivity contribution is 0.149. The summed E-state index contributed by atoms with van der Waals surface area (Å²) in [5.74, 6) is -1.04. The largest absolute Gasteiger partial charge is 0.265 e. The third-order valence-corrected chi connectivity index (χ3v) is 1.99. The number of halogens is 4. The Morgan fingerprint density at radius 2 is 2.21 bits per heavy atom. The van der Waals surface area contributed by atoms with Crippen LogP contribution >= 0.6 is 11.6 Å². The Bertz CT molecular complexity index is 387. The molecule has 14 heavy (non-hydrogen) atoms. The van der Waals surface area contributed by atoms with E-state index in [1.54, 1.807) is 6.07 Å². The van der Waals surface area contributed by atoms with Crippen molar-refractivity contribution in [1.29, 1.82) is 5.26 Å². The van der Waals surface area contributed by atoms with E-state index in [9.17, 15) is 13.2 Å². The van der Waals surface area contributed by atoms with E-state index in [0.29, 0.717) is 6.20 Å². The molecule has 0 atom stereocenters. The van der Waals surface area contributed by atoms with Crippen molar-refractivity contribution in [1.82, 2.24) is 4.98 Å². The third kappa shape index (κ3) is 1.96. The van der Waals surface area contributed by atoms with Crippen molar-refractivity contribution in [3.8, 4) is 6.07 Å². The first-order valence-electron chi connectivity index (χ1n) is 3.55. The zero-order chi connectivity index (χ0) is 10.7. The van der Waals surface area contributed by atoms with Gasteiger partial charge in [-0.05, 0) is 5.56 Å². The van der Waals surface area contributed by atoms with Crippen molar-refractivity contribution in [2.45, 2.75) is 12.8 Å². The molecule has 1 rings (SSSR count). The van der Waals surface area contributed by atoms with Gasteiger partial charge in [0.25, 0.3) is 6.43 Å². The molecule has 0 radical (unpaired) electrons. The number of nitrogens with zero attached hydrogens (tertiary/aromatic N) is 2. The van der Waals surface area contributed by atoms with E-state index in [4.69, 9.17) is 16.9 Å². The molecule has 0 unspecified atom stereocenters. The summed E-state index contributed by atoms with van der Waals surface area (Å²) in [7, 11) is 0. The maximum Gasteiger partial charge on any atom is 0.265 e. The van der Waals surface area contributed by atoms with Gasteiger partial charge >= 0.3 is 0 Å². The molecule has 1 aromatic heterocycles. The highest BCUT2D eigenvalue weighted by Gasteiger charge is 2.18. The molecule has 0 saturated carbocycles. The topological polar surface area (TPSA) is 36.7 Å². The molecule has 0 aliphatic rings. The van der Waals surface area contributed by atoms with E-state index < -0.39 is 23.0 Å². The van der Waals surface area contributed by atoms with Crippen LogP contribution in [0.1, 0.15) is 17.6 Å². The average molecular weight is 221 g/mol. The summed E-state index contributed by atoms with van der Waals surface area (Å²) in [6.07, 6.45) is -2.49. The molecule has 0 spiro atoms.